The first kappa shape index (κ1) is 7.60. The molecule has 10 heavy (non-hydrogen) atoms. The van der Waals surface area contributed by atoms with Crippen molar-refractivity contribution in [2.45, 2.75) is 20.0 Å². The topological polar surface area (TPSA) is 38.7 Å². The van der Waals surface area contributed by atoms with Crippen LogP contribution in [0.4, 0.5) is 0 Å². The van der Waals surface area contributed by atoms with Crippen LogP contribution in [-0.4, -0.2) is 23.0 Å². The minimum atomic E-state index is 0.0654. The lowest BCUT2D eigenvalue weighted by atomic mass is 10.5. The second-order valence-electron chi connectivity index (χ2n) is 2.22. The van der Waals surface area contributed by atoms with E-state index in [2.05, 4.69) is 4.99 Å². The number of ether oxygens (including phenoxy) is 1. The molecule has 3 nitrogen and oxygen atoms in total. The summed E-state index contributed by atoms with van der Waals surface area (Å²) in [6.45, 7) is 4.09. The molecule has 4 heteroatoms. The van der Waals surface area contributed by atoms with Gasteiger partial charge in [0.25, 0.3) is 5.23 Å². The monoisotopic (exact) mass is 159 g/mol. The Morgan fingerprint density at radius 3 is 2.80 bits per heavy atom. The first-order chi connectivity index (χ1) is 4.68. The molecule has 1 aliphatic rings. The van der Waals surface area contributed by atoms with Crippen molar-refractivity contribution >= 4 is 22.1 Å². The van der Waals surface area contributed by atoms with Crippen LogP contribution in [0.2, 0.25) is 0 Å². The maximum atomic E-state index is 10.6. The van der Waals surface area contributed by atoms with E-state index in [9.17, 15) is 4.79 Å². The van der Waals surface area contributed by atoms with Gasteiger partial charge < -0.3 is 4.74 Å². The van der Waals surface area contributed by atoms with Crippen LogP contribution >= 0.6 is 11.8 Å². The van der Waals surface area contributed by atoms with E-state index >= 15 is 0 Å². The van der Waals surface area contributed by atoms with Crippen LogP contribution in [0.5, 0.6) is 0 Å². The van der Waals surface area contributed by atoms with E-state index in [1.807, 2.05) is 13.8 Å². The van der Waals surface area contributed by atoms with Crippen LogP contribution in [-0.2, 0) is 9.53 Å². The normalized spacial score (nSPS) is 17.9. The Morgan fingerprint density at radius 1 is 1.70 bits per heavy atom. The minimum absolute atomic E-state index is 0.0654. The number of carbonyl (C=O) groups is 1. The highest BCUT2D eigenvalue weighted by atomic mass is 32.2. The van der Waals surface area contributed by atoms with Gasteiger partial charge in [0.1, 0.15) is 6.54 Å². The second-order valence-corrected chi connectivity index (χ2v) is 3.23. The lowest BCUT2D eigenvalue weighted by Gasteiger charge is -2.05. The fourth-order valence-electron chi connectivity index (χ4n) is 0.554. The van der Waals surface area contributed by atoms with E-state index in [1.165, 1.54) is 0 Å². The van der Waals surface area contributed by atoms with Gasteiger partial charge in [-0.3, -0.25) is 4.79 Å². The average Bonchev–Trinajstić information content (AvgIpc) is 2.13. The van der Waals surface area contributed by atoms with Gasteiger partial charge >= 0.3 is 0 Å². The van der Waals surface area contributed by atoms with Crippen LogP contribution in [0.1, 0.15) is 13.8 Å². The van der Waals surface area contributed by atoms with Gasteiger partial charge in [-0.25, -0.2) is 4.99 Å². The first-order valence-corrected chi connectivity index (χ1v) is 3.92. The number of carbonyl (C=O) groups excluding carboxylic acids is 1. The second kappa shape index (κ2) is 3.05. The zero-order valence-corrected chi connectivity index (χ0v) is 6.77. The number of hydrogen-bond acceptors (Lipinski definition) is 4. The van der Waals surface area contributed by atoms with E-state index < -0.39 is 0 Å². The summed E-state index contributed by atoms with van der Waals surface area (Å²) in [4.78, 5) is 14.5. The summed E-state index contributed by atoms with van der Waals surface area (Å²) in [7, 11) is 0. The molecule has 0 aromatic heterocycles. The first-order valence-electron chi connectivity index (χ1n) is 3.10. The molecule has 0 atom stereocenters. The SMILES string of the molecule is CC(C)OC1=NCC(=O)S1. The van der Waals surface area contributed by atoms with Crippen molar-refractivity contribution in [3.8, 4) is 0 Å². The zero-order valence-electron chi connectivity index (χ0n) is 5.96. The van der Waals surface area contributed by atoms with Crippen LogP contribution < -0.4 is 0 Å². The molecular formula is C6H9NO2S. The molecule has 0 radical (unpaired) electrons. The Labute approximate surface area is 63.9 Å². The van der Waals surface area contributed by atoms with Gasteiger partial charge in [-0.1, -0.05) is 0 Å². The van der Waals surface area contributed by atoms with E-state index in [0.29, 0.717) is 5.23 Å². The molecule has 0 N–H and O–H groups in total. The summed E-state index contributed by atoms with van der Waals surface area (Å²) < 4.78 is 5.17. The third-order valence-corrected chi connectivity index (χ3v) is 1.63. The quantitative estimate of drug-likeness (QED) is 0.573. The van der Waals surface area contributed by atoms with Gasteiger partial charge in [-0.2, -0.15) is 0 Å². The van der Waals surface area contributed by atoms with Crippen molar-refractivity contribution in [1.29, 1.82) is 0 Å². The highest BCUT2D eigenvalue weighted by Gasteiger charge is 2.17. The number of rotatable bonds is 1. The molecular weight excluding hydrogens is 150 g/mol. The van der Waals surface area contributed by atoms with Crippen molar-refractivity contribution in [2.24, 2.45) is 4.99 Å². The van der Waals surface area contributed by atoms with E-state index in [-0.39, 0.29) is 17.8 Å². The van der Waals surface area contributed by atoms with Crippen LogP contribution in [0, 0.1) is 0 Å². The number of aliphatic imine (C=N–C) groups is 1. The minimum Gasteiger partial charge on any atom is -0.470 e. The predicted octanol–water partition coefficient (Wildman–Crippen LogP) is 1.04. The number of hydrogen-bond donors (Lipinski definition) is 0. The fraction of sp³-hybridized carbons (Fsp3) is 0.667. The Kier molecular flexibility index (Phi) is 2.32. The van der Waals surface area contributed by atoms with Crippen molar-refractivity contribution in [3.05, 3.63) is 0 Å². The average molecular weight is 159 g/mol. The van der Waals surface area contributed by atoms with Gasteiger partial charge in [0, 0.05) is 11.8 Å². The number of thioether (sulfide) groups is 1. The van der Waals surface area contributed by atoms with E-state index in [4.69, 9.17) is 4.74 Å². The lowest BCUT2D eigenvalue weighted by molar-refractivity contribution is -0.109. The zero-order chi connectivity index (χ0) is 7.56. The molecule has 0 saturated carbocycles. The van der Waals surface area contributed by atoms with Gasteiger partial charge in [0.15, 0.2) is 0 Å². The Morgan fingerprint density at radius 2 is 2.40 bits per heavy atom. The molecule has 0 fully saturated rings. The highest BCUT2D eigenvalue weighted by Crippen LogP contribution is 2.15. The molecule has 1 heterocycles. The Balaban J connectivity index is 2.37. The molecule has 1 aliphatic heterocycles. The van der Waals surface area contributed by atoms with E-state index in [0.717, 1.165) is 11.8 Å². The largest absolute Gasteiger partial charge is 0.470 e. The standard InChI is InChI=1S/C6H9NO2S/c1-4(2)9-6-7-3-5(8)10-6/h4H,3H2,1-2H3. The molecule has 0 amide bonds. The highest BCUT2D eigenvalue weighted by molar-refractivity contribution is 8.26. The molecule has 0 aliphatic carbocycles. The van der Waals surface area contributed by atoms with Crippen molar-refractivity contribution in [1.82, 2.24) is 0 Å². The van der Waals surface area contributed by atoms with Crippen molar-refractivity contribution in [2.75, 3.05) is 6.54 Å². The molecule has 1 rings (SSSR count). The maximum absolute atomic E-state index is 10.6. The third-order valence-electron chi connectivity index (χ3n) is 0.875. The summed E-state index contributed by atoms with van der Waals surface area (Å²) in [5, 5.41) is 0.579. The molecule has 0 bridgehead atoms. The number of nitrogens with zero attached hydrogens (tertiary/aromatic N) is 1. The third kappa shape index (κ3) is 2.02. The van der Waals surface area contributed by atoms with Crippen molar-refractivity contribution in [3.63, 3.8) is 0 Å². The summed E-state index contributed by atoms with van der Waals surface area (Å²) in [6, 6.07) is 0. The molecule has 0 saturated heterocycles. The molecule has 0 aromatic rings. The summed E-state index contributed by atoms with van der Waals surface area (Å²) in [6.07, 6.45) is 0.108. The Bertz CT molecular complexity index is 177. The predicted molar refractivity (Wildman–Crippen MR) is 41.1 cm³/mol. The maximum Gasteiger partial charge on any atom is 0.254 e. The van der Waals surface area contributed by atoms with Gasteiger partial charge in [0.2, 0.25) is 5.12 Å². The van der Waals surface area contributed by atoms with E-state index in [1.54, 1.807) is 0 Å². The van der Waals surface area contributed by atoms with Crippen LogP contribution in [0.25, 0.3) is 0 Å². The fourth-order valence-corrected chi connectivity index (χ4v) is 1.25. The van der Waals surface area contributed by atoms with Gasteiger partial charge in [0.05, 0.1) is 6.10 Å². The lowest BCUT2D eigenvalue weighted by Crippen LogP contribution is -2.06. The molecule has 0 unspecified atom stereocenters. The molecule has 56 valence electrons. The van der Waals surface area contributed by atoms with Crippen LogP contribution in [0.15, 0.2) is 4.99 Å². The van der Waals surface area contributed by atoms with Gasteiger partial charge in [-0.15, -0.1) is 0 Å². The molecule has 0 spiro atoms. The smallest absolute Gasteiger partial charge is 0.254 e. The summed E-state index contributed by atoms with van der Waals surface area (Å²) >= 11 is 1.08. The van der Waals surface area contributed by atoms with Gasteiger partial charge in [-0.05, 0) is 13.8 Å². The Hall–Kier alpha value is -0.510. The molecule has 0 aromatic carbocycles. The summed E-state index contributed by atoms with van der Waals surface area (Å²) in [5.41, 5.74) is 0. The van der Waals surface area contributed by atoms with Crippen molar-refractivity contribution < 1.29 is 9.53 Å². The van der Waals surface area contributed by atoms with Crippen LogP contribution in [0.3, 0.4) is 0 Å². The summed E-state index contributed by atoms with van der Waals surface area (Å²) in [5.74, 6) is 0.